The second-order valence-electron chi connectivity index (χ2n) is 7.48. The molecule has 0 bridgehead atoms. The topological polar surface area (TPSA) is 127 Å². The van der Waals surface area contributed by atoms with Gasteiger partial charge in [-0.1, -0.05) is 42.5 Å². The van der Waals surface area contributed by atoms with Crippen LogP contribution in [0.5, 0.6) is 0 Å². The molecule has 2 aromatic carbocycles. The number of aliphatic hydroxyl groups is 3. The summed E-state index contributed by atoms with van der Waals surface area (Å²) in [6, 6.07) is 14.0. The molecule has 5 rings (SSSR count). The zero-order chi connectivity index (χ0) is 21.0. The van der Waals surface area contributed by atoms with Gasteiger partial charge in [-0.25, -0.2) is 9.97 Å². The normalized spacial score (nSPS) is 21.5. The fourth-order valence-electron chi connectivity index (χ4n) is 4.10. The smallest absolute Gasteiger partial charge is 0.213 e. The van der Waals surface area contributed by atoms with E-state index >= 15 is 0 Å². The number of nitrogen functional groups attached to an aromatic ring is 1. The SMILES string of the molecule is CC1(O)C(O)=C(CO)O[C@H]1n1cc(-c2cccc3ccccc23)c2c(N)ncnc21. The van der Waals surface area contributed by atoms with Gasteiger partial charge in [0.05, 0.1) is 5.39 Å². The van der Waals surface area contributed by atoms with Crippen LogP contribution in [0.15, 0.2) is 66.5 Å². The summed E-state index contributed by atoms with van der Waals surface area (Å²) >= 11 is 0. The first-order chi connectivity index (χ1) is 14.4. The molecular formula is C22H20N4O4. The molecule has 1 aliphatic heterocycles. The van der Waals surface area contributed by atoms with E-state index < -0.39 is 24.2 Å². The van der Waals surface area contributed by atoms with Crippen LogP contribution < -0.4 is 5.73 Å². The molecule has 3 heterocycles. The maximum absolute atomic E-state index is 10.9. The van der Waals surface area contributed by atoms with Crippen LogP contribution in [0.4, 0.5) is 5.82 Å². The summed E-state index contributed by atoms with van der Waals surface area (Å²) in [4.78, 5) is 8.52. The van der Waals surface area contributed by atoms with E-state index in [1.54, 1.807) is 10.8 Å². The van der Waals surface area contributed by atoms with Gasteiger partial charge in [0.15, 0.2) is 17.1 Å². The van der Waals surface area contributed by atoms with E-state index in [2.05, 4.69) is 9.97 Å². The Hall–Kier alpha value is -3.62. The number of hydrogen-bond donors (Lipinski definition) is 4. The number of anilines is 1. The van der Waals surface area contributed by atoms with E-state index in [0.29, 0.717) is 16.9 Å². The number of fused-ring (bicyclic) bond motifs is 2. The van der Waals surface area contributed by atoms with Crippen LogP contribution in [0, 0.1) is 0 Å². The van der Waals surface area contributed by atoms with Gasteiger partial charge in [-0.15, -0.1) is 0 Å². The van der Waals surface area contributed by atoms with Crippen molar-refractivity contribution in [2.75, 3.05) is 12.3 Å². The minimum Gasteiger partial charge on any atom is -0.506 e. The highest BCUT2D eigenvalue weighted by atomic mass is 16.6. The molecular weight excluding hydrogens is 384 g/mol. The average molecular weight is 404 g/mol. The van der Waals surface area contributed by atoms with Crippen molar-refractivity contribution < 1.29 is 20.1 Å². The van der Waals surface area contributed by atoms with Crippen LogP contribution in [0.1, 0.15) is 13.2 Å². The maximum Gasteiger partial charge on any atom is 0.213 e. The van der Waals surface area contributed by atoms with Gasteiger partial charge in [-0.2, -0.15) is 0 Å². The molecule has 0 aliphatic carbocycles. The van der Waals surface area contributed by atoms with Crippen LogP contribution in [0.3, 0.4) is 0 Å². The van der Waals surface area contributed by atoms with E-state index in [9.17, 15) is 15.3 Å². The van der Waals surface area contributed by atoms with Gasteiger partial charge < -0.3 is 25.8 Å². The van der Waals surface area contributed by atoms with Gasteiger partial charge in [0.2, 0.25) is 6.23 Å². The van der Waals surface area contributed by atoms with Gasteiger partial charge >= 0.3 is 0 Å². The molecule has 0 fully saturated rings. The van der Waals surface area contributed by atoms with Crippen molar-refractivity contribution in [3.8, 4) is 11.1 Å². The lowest BCUT2D eigenvalue weighted by Crippen LogP contribution is -2.35. The number of nitrogens with two attached hydrogens (primary N) is 1. The molecule has 0 saturated heterocycles. The predicted molar refractivity (Wildman–Crippen MR) is 112 cm³/mol. The summed E-state index contributed by atoms with van der Waals surface area (Å²) in [5.74, 6) is -0.204. The highest BCUT2D eigenvalue weighted by molar-refractivity contribution is 6.07. The number of hydrogen-bond acceptors (Lipinski definition) is 7. The molecule has 2 aromatic heterocycles. The van der Waals surface area contributed by atoms with Gasteiger partial charge in [-0.05, 0) is 23.3 Å². The van der Waals surface area contributed by atoms with Crippen molar-refractivity contribution in [3.05, 3.63) is 66.5 Å². The summed E-state index contributed by atoms with van der Waals surface area (Å²) in [6.45, 7) is 0.884. The van der Waals surface area contributed by atoms with E-state index in [4.69, 9.17) is 10.5 Å². The quantitative estimate of drug-likeness (QED) is 0.413. The first-order valence-corrected chi connectivity index (χ1v) is 9.45. The van der Waals surface area contributed by atoms with Crippen LogP contribution in [-0.4, -0.2) is 42.1 Å². The van der Waals surface area contributed by atoms with Crippen molar-refractivity contribution in [1.29, 1.82) is 0 Å². The lowest BCUT2D eigenvalue weighted by atomic mass is 9.98. The van der Waals surface area contributed by atoms with E-state index in [-0.39, 0.29) is 5.76 Å². The Morgan fingerprint density at radius 2 is 1.90 bits per heavy atom. The van der Waals surface area contributed by atoms with Crippen molar-refractivity contribution in [3.63, 3.8) is 0 Å². The van der Waals surface area contributed by atoms with Gasteiger partial charge in [-0.3, -0.25) is 4.57 Å². The number of benzene rings is 2. The standard InChI is InChI=1S/C22H20N4O4/c1-22(29)18(28)16(10-27)30-21(22)26-9-15(17-19(23)24-11-25-20(17)26)14-8-4-6-12-5-2-3-7-13(12)14/h2-9,11,21,27-29H,10H2,1H3,(H2,23,24,25)/t21-,22?/m1/s1. The molecule has 1 unspecified atom stereocenters. The van der Waals surface area contributed by atoms with Crippen molar-refractivity contribution in [2.24, 2.45) is 0 Å². The summed E-state index contributed by atoms with van der Waals surface area (Å²) in [5, 5.41) is 33.4. The molecule has 0 radical (unpaired) electrons. The second kappa shape index (κ2) is 6.45. The summed E-state index contributed by atoms with van der Waals surface area (Å²) in [5.41, 5.74) is 6.61. The third-order valence-electron chi connectivity index (χ3n) is 5.59. The molecule has 0 amide bonds. The lowest BCUT2D eigenvalue weighted by Gasteiger charge is -2.26. The van der Waals surface area contributed by atoms with Gasteiger partial charge in [0.1, 0.15) is 24.4 Å². The van der Waals surface area contributed by atoms with E-state index in [1.807, 2.05) is 42.5 Å². The summed E-state index contributed by atoms with van der Waals surface area (Å²) < 4.78 is 7.31. The van der Waals surface area contributed by atoms with Crippen LogP contribution in [0.25, 0.3) is 32.9 Å². The molecule has 152 valence electrons. The molecule has 2 atom stereocenters. The van der Waals surface area contributed by atoms with Crippen LogP contribution >= 0.6 is 0 Å². The van der Waals surface area contributed by atoms with Crippen molar-refractivity contribution in [2.45, 2.75) is 18.8 Å². The zero-order valence-electron chi connectivity index (χ0n) is 16.1. The first-order valence-electron chi connectivity index (χ1n) is 9.45. The molecule has 1 aliphatic rings. The largest absolute Gasteiger partial charge is 0.506 e. The highest BCUT2D eigenvalue weighted by Crippen LogP contribution is 2.44. The minimum absolute atomic E-state index is 0.0828. The van der Waals surface area contributed by atoms with Crippen LogP contribution in [0.2, 0.25) is 0 Å². The molecule has 8 heteroatoms. The number of nitrogens with zero attached hydrogens (tertiary/aromatic N) is 3. The maximum atomic E-state index is 10.9. The van der Waals surface area contributed by atoms with Crippen molar-refractivity contribution in [1.82, 2.24) is 14.5 Å². The third-order valence-corrected chi connectivity index (χ3v) is 5.59. The third kappa shape index (κ3) is 2.47. The number of aliphatic hydroxyl groups excluding tert-OH is 2. The monoisotopic (exact) mass is 404 g/mol. The summed E-state index contributed by atoms with van der Waals surface area (Å²) in [7, 11) is 0. The Labute approximate surface area is 171 Å². The Kier molecular flexibility index (Phi) is 3.96. The minimum atomic E-state index is -1.76. The fourth-order valence-corrected chi connectivity index (χ4v) is 4.10. The summed E-state index contributed by atoms with van der Waals surface area (Å²) in [6.07, 6.45) is 2.08. The number of rotatable bonds is 3. The Bertz CT molecular complexity index is 1320. The molecule has 30 heavy (non-hydrogen) atoms. The molecule has 0 spiro atoms. The van der Waals surface area contributed by atoms with Gasteiger partial charge in [0.25, 0.3) is 0 Å². The average Bonchev–Trinajstić information content (AvgIpc) is 3.23. The number of ether oxygens (including phenoxy) is 1. The number of aromatic nitrogens is 3. The second-order valence-corrected chi connectivity index (χ2v) is 7.48. The zero-order valence-corrected chi connectivity index (χ0v) is 16.1. The Morgan fingerprint density at radius 3 is 2.67 bits per heavy atom. The van der Waals surface area contributed by atoms with Gasteiger partial charge in [0, 0.05) is 11.8 Å². The fraction of sp³-hybridized carbons (Fsp3) is 0.182. The van der Waals surface area contributed by atoms with Crippen LogP contribution in [-0.2, 0) is 4.74 Å². The van der Waals surface area contributed by atoms with E-state index in [1.165, 1.54) is 13.3 Å². The Morgan fingerprint density at radius 1 is 1.13 bits per heavy atom. The molecule has 5 N–H and O–H groups in total. The molecule has 4 aromatic rings. The molecule has 0 saturated carbocycles. The van der Waals surface area contributed by atoms with E-state index in [0.717, 1.165) is 21.9 Å². The Balaban J connectivity index is 1.79. The first kappa shape index (κ1) is 18.4. The predicted octanol–water partition coefficient (Wildman–Crippen LogP) is 2.88. The molecule has 8 nitrogen and oxygen atoms in total. The lowest BCUT2D eigenvalue weighted by molar-refractivity contribution is -0.0741. The highest BCUT2D eigenvalue weighted by Gasteiger charge is 2.48. The van der Waals surface area contributed by atoms with Crippen molar-refractivity contribution >= 4 is 27.6 Å².